The zero-order chi connectivity index (χ0) is 6.69. The van der Waals surface area contributed by atoms with Gasteiger partial charge in [-0.15, -0.1) is 11.8 Å². The van der Waals surface area contributed by atoms with Crippen LogP contribution in [0.15, 0.2) is 23.6 Å². The molecule has 1 heterocycles. The van der Waals surface area contributed by atoms with Crippen molar-refractivity contribution in [2.75, 3.05) is 0 Å². The van der Waals surface area contributed by atoms with Crippen molar-refractivity contribution in [2.45, 2.75) is 19.1 Å². The molecule has 0 radical (unpaired) electrons. The van der Waals surface area contributed by atoms with Crippen LogP contribution >= 0.6 is 11.8 Å². The van der Waals surface area contributed by atoms with Crippen molar-refractivity contribution in [2.24, 2.45) is 5.92 Å². The van der Waals surface area contributed by atoms with Crippen LogP contribution in [0.2, 0.25) is 0 Å². The Kier molecular flexibility index (Phi) is 2.40. The summed E-state index contributed by atoms with van der Waals surface area (Å²) in [6, 6.07) is 0. The van der Waals surface area contributed by atoms with Crippen LogP contribution in [0.3, 0.4) is 0 Å². The van der Waals surface area contributed by atoms with E-state index in [1.807, 2.05) is 11.8 Å². The molecule has 9 heavy (non-hydrogen) atoms. The highest BCUT2D eigenvalue weighted by Gasteiger charge is 2.08. The highest BCUT2D eigenvalue weighted by molar-refractivity contribution is 8.02. The quantitative estimate of drug-likeness (QED) is 0.539. The van der Waals surface area contributed by atoms with Crippen molar-refractivity contribution in [3.63, 3.8) is 0 Å². The van der Waals surface area contributed by atoms with Gasteiger partial charge < -0.3 is 0 Å². The standard InChI is InChI=1S/C8H12S/c1-7(2)8-5-3-4-6-9-8/h3-8H,1-2H3. The van der Waals surface area contributed by atoms with Crippen LogP contribution in [0.1, 0.15) is 13.8 Å². The van der Waals surface area contributed by atoms with Crippen molar-refractivity contribution in [1.29, 1.82) is 0 Å². The van der Waals surface area contributed by atoms with Gasteiger partial charge in [-0.25, -0.2) is 0 Å². The van der Waals surface area contributed by atoms with E-state index in [9.17, 15) is 0 Å². The average Bonchev–Trinajstić information content (AvgIpc) is 1.90. The molecule has 0 aliphatic carbocycles. The third kappa shape index (κ3) is 1.90. The lowest BCUT2D eigenvalue weighted by molar-refractivity contribution is 0.679. The lowest BCUT2D eigenvalue weighted by Gasteiger charge is -2.15. The molecule has 1 atom stereocenters. The molecular formula is C8H12S. The van der Waals surface area contributed by atoms with Crippen LogP contribution in [0, 0.1) is 5.92 Å². The summed E-state index contributed by atoms with van der Waals surface area (Å²) in [6.07, 6.45) is 6.47. The van der Waals surface area contributed by atoms with Crippen LogP contribution in [0.25, 0.3) is 0 Å². The summed E-state index contributed by atoms with van der Waals surface area (Å²) in [5.74, 6) is 0.760. The van der Waals surface area contributed by atoms with E-state index in [0.717, 1.165) is 5.92 Å². The van der Waals surface area contributed by atoms with Crippen LogP contribution in [0.4, 0.5) is 0 Å². The van der Waals surface area contributed by atoms with Crippen LogP contribution in [-0.4, -0.2) is 5.25 Å². The van der Waals surface area contributed by atoms with Gasteiger partial charge in [0.25, 0.3) is 0 Å². The monoisotopic (exact) mass is 140 g/mol. The van der Waals surface area contributed by atoms with Gasteiger partial charge in [0.15, 0.2) is 0 Å². The highest BCUT2D eigenvalue weighted by Crippen LogP contribution is 2.24. The molecule has 0 N–H and O–H groups in total. The van der Waals surface area contributed by atoms with E-state index in [2.05, 4.69) is 37.5 Å². The van der Waals surface area contributed by atoms with Crippen molar-refractivity contribution in [3.8, 4) is 0 Å². The summed E-state index contributed by atoms with van der Waals surface area (Å²) >= 11 is 1.90. The molecular weight excluding hydrogens is 128 g/mol. The Hall–Kier alpha value is -0.170. The molecule has 0 aromatic rings. The number of allylic oxidation sites excluding steroid dienone is 2. The van der Waals surface area contributed by atoms with Gasteiger partial charge in [-0.1, -0.05) is 32.1 Å². The highest BCUT2D eigenvalue weighted by atomic mass is 32.2. The third-order valence-corrected chi connectivity index (χ3v) is 2.71. The summed E-state index contributed by atoms with van der Waals surface area (Å²) in [7, 11) is 0. The van der Waals surface area contributed by atoms with Gasteiger partial charge in [-0.2, -0.15) is 0 Å². The maximum Gasteiger partial charge on any atom is 0.0294 e. The predicted octanol–water partition coefficient (Wildman–Crippen LogP) is 2.83. The molecule has 0 nitrogen and oxygen atoms in total. The normalized spacial score (nSPS) is 25.4. The molecule has 0 fully saturated rings. The molecule has 0 saturated carbocycles. The van der Waals surface area contributed by atoms with Gasteiger partial charge in [0, 0.05) is 5.25 Å². The molecule has 50 valence electrons. The van der Waals surface area contributed by atoms with Gasteiger partial charge >= 0.3 is 0 Å². The lowest BCUT2D eigenvalue weighted by atomic mass is 10.1. The first kappa shape index (κ1) is 6.94. The summed E-state index contributed by atoms with van der Waals surface area (Å²) in [6.45, 7) is 4.50. The van der Waals surface area contributed by atoms with Crippen LogP contribution < -0.4 is 0 Å². The second kappa shape index (κ2) is 3.11. The first-order valence-electron chi connectivity index (χ1n) is 3.29. The Labute approximate surface area is 61.0 Å². The summed E-state index contributed by atoms with van der Waals surface area (Å²) in [4.78, 5) is 0. The molecule has 0 bridgehead atoms. The average molecular weight is 140 g/mol. The van der Waals surface area contributed by atoms with Crippen molar-refractivity contribution >= 4 is 11.8 Å². The van der Waals surface area contributed by atoms with Crippen molar-refractivity contribution in [1.82, 2.24) is 0 Å². The fourth-order valence-corrected chi connectivity index (χ4v) is 1.64. The Morgan fingerprint density at radius 1 is 1.33 bits per heavy atom. The molecule has 0 amide bonds. The van der Waals surface area contributed by atoms with Crippen LogP contribution in [-0.2, 0) is 0 Å². The zero-order valence-corrected chi connectivity index (χ0v) is 6.69. The molecule has 0 spiro atoms. The maximum absolute atomic E-state index is 2.26. The molecule has 0 saturated heterocycles. The number of hydrogen-bond donors (Lipinski definition) is 0. The van der Waals surface area contributed by atoms with E-state index in [1.165, 1.54) is 0 Å². The molecule has 1 unspecified atom stereocenters. The Morgan fingerprint density at radius 2 is 2.11 bits per heavy atom. The predicted molar refractivity (Wildman–Crippen MR) is 44.5 cm³/mol. The molecule has 1 heteroatoms. The van der Waals surface area contributed by atoms with E-state index in [-0.39, 0.29) is 0 Å². The van der Waals surface area contributed by atoms with Gasteiger partial charge in [0.1, 0.15) is 0 Å². The molecule has 1 aliphatic rings. The Bertz CT molecular complexity index is 134. The second-order valence-corrected chi connectivity index (χ2v) is 3.65. The maximum atomic E-state index is 2.26. The van der Waals surface area contributed by atoms with Crippen molar-refractivity contribution < 1.29 is 0 Å². The largest absolute Gasteiger partial charge is 0.126 e. The topological polar surface area (TPSA) is 0 Å². The van der Waals surface area contributed by atoms with E-state index in [0.29, 0.717) is 5.25 Å². The first-order valence-corrected chi connectivity index (χ1v) is 4.24. The minimum Gasteiger partial charge on any atom is -0.126 e. The van der Waals surface area contributed by atoms with E-state index < -0.39 is 0 Å². The van der Waals surface area contributed by atoms with Crippen molar-refractivity contribution in [3.05, 3.63) is 23.6 Å². The Morgan fingerprint density at radius 3 is 2.44 bits per heavy atom. The third-order valence-electron chi connectivity index (χ3n) is 1.38. The second-order valence-electron chi connectivity index (χ2n) is 2.56. The molecule has 1 aliphatic heterocycles. The smallest absolute Gasteiger partial charge is 0.0294 e. The number of thioether (sulfide) groups is 1. The summed E-state index contributed by atoms with van der Waals surface area (Å²) in [5.41, 5.74) is 0. The summed E-state index contributed by atoms with van der Waals surface area (Å²) in [5, 5.41) is 2.86. The lowest BCUT2D eigenvalue weighted by Crippen LogP contribution is -2.07. The van der Waals surface area contributed by atoms with E-state index >= 15 is 0 Å². The first-order chi connectivity index (χ1) is 4.30. The minimum atomic E-state index is 0.704. The van der Waals surface area contributed by atoms with Gasteiger partial charge in [0.2, 0.25) is 0 Å². The minimum absolute atomic E-state index is 0.704. The Balaban J connectivity index is 2.46. The molecule has 0 aromatic carbocycles. The number of hydrogen-bond acceptors (Lipinski definition) is 1. The van der Waals surface area contributed by atoms with Crippen LogP contribution in [0.5, 0.6) is 0 Å². The van der Waals surface area contributed by atoms with E-state index in [1.54, 1.807) is 0 Å². The SMILES string of the molecule is CC(C)C1C=CC=CS1. The fraction of sp³-hybridized carbons (Fsp3) is 0.500. The fourth-order valence-electron chi connectivity index (χ4n) is 0.780. The summed E-state index contributed by atoms with van der Waals surface area (Å²) < 4.78 is 0. The zero-order valence-electron chi connectivity index (χ0n) is 5.87. The van der Waals surface area contributed by atoms with E-state index in [4.69, 9.17) is 0 Å². The van der Waals surface area contributed by atoms with Gasteiger partial charge in [-0.3, -0.25) is 0 Å². The van der Waals surface area contributed by atoms with Gasteiger partial charge in [-0.05, 0) is 11.3 Å². The van der Waals surface area contributed by atoms with Gasteiger partial charge in [0.05, 0.1) is 0 Å². The molecule has 0 aromatic heterocycles. The molecule has 1 rings (SSSR count). The number of rotatable bonds is 1.